The number of esters is 1. The first-order chi connectivity index (χ1) is 12.8. The van der Waals surface area contributed by atoms with Crippen LogP contribution in [0.25, 0.3) is 0 Å². The summed E-state index contributed by atoms with van der Waals surface area (Å²) in [5, 5.41) is 10.3. The molecule has 0 aromatic carbocycles. The molecule has 0 spiro atoms. The molecule has 0 rings (SSSR count). The molecule has 5 heteroatoms. The highest BCUT2D eigenvalue weighted by Gasteiger charge is 2.11. The van der Waals surface area contributed by atoms with Gasteiger partial charge in [0.05, 0.1) is 6.10 Å². The standard InChI is InChI=1S/C22H32O5/c1-17(2)11-12-22(26)21(16-27-19(4)25)10-6-9-20(15-24)8-5-7-18(3)13-14-23/h8,10-11,13-15,22,26H,5-7,9,12,16H2,1-4H3/b18-13+,20-8-,21-10-. The largest absolute Gasteiger partial charge is 0.461 e. The van der Waals surface area contributed by atoms with Crippen molar-refractivity contribution in [2.45, 2.75) is 65.9 Å². The third-order valence-corrected chi connectivity index (χ3v) is 3.91. The number of hydrogen-bond donors (Lipinski definition) is 1. The quantitative estimate of drug-likeness (QED) is 0.227. The topological polar surface area (TPSA) is 80.7 Å². The van der Waals surface area contributed by atoms with Crippen molar-refractivity contribution in [3.8, 4) is 0 Å². The molecule has 0 aliphatic heterocycles. The summed E-state index contributed by atoms with van der Waals surface area (Å²) >= 11 is 0. The number of aliphatic hydroxyl groups excluding tert-OH is 1. The van der Waals surface area contributed by atoms with E-state index in [0.717, 1.165) is 30.1 Å². The summed E-state index contributed by atoms with van der Waals surface area (Å²) in [6, 6.07) is 0. The van der Waals surface area contributed by atoms with Crippen molar-refractivity contribution in [1.29, 1.82) is 0 Å². The third-order valence-electron chi connectivity index (χ3n) is 3.91. The van der Waals surface area contributed by atoms with Gasteiger partial charge in [0.15, 0.2) is 0 Å². The summed E-state index contributed by atoms with van der Waals surface area (Å²) < 4.78 is 5.02. The van der Waals surface area contributed by atoms with Gasteiger partial charge in [-0.2, -0.15) is 0 Å². The Balaban J connectivity index is 4.85. The van der Waals surface area contributed by atoms with Gasteiger partial charge in [-0.15, -0.1) is 0 Å². The van der Waals surface area contributed by atoms with Crippen LogP contribution >= 0.6 is 0 Å². The smallest absolute Gasteiger partial charge is 0.302 e. The van der Waals surface area contributed by atoms with Crippen LogP contribution in [0.15, 0.2) is 46.6 Å². The first-order valence-corrected chi connectivity index (χ1v) is 9.19. The molecule has 27 heavy (non-hydrogen) atoms. The van der Waals surface area contributed by atoms with Crippen molar-refractivity contribution in [1.82, 2.24) is 0 Å². The predicted octanol–water partition coefficient (Wildman–Crippen LogP) is 4.02. The fourth-order valence-electron chi connectivity index (χ4n) is 2.29. The summed E-state index contributed by atoms with van der Waals surface area (Å²) in [6.45, 7) is 7.16. The van der Waals surface area contributed by atoms with Crippen molar-refractivity contribution >= 4 is 18.5 Å². The predicted molar refractivity (Wildman–Crippen MR) is 107 cm³/mol. The number of rotatable bonds is 13. The Morgan fingerprint density at radius 2 is 1.67 bits per heavy atom. The Morgan fingerprint density at radius 1 is 1.00 bits per heavy atom. The van der Waals surface area contributed by atoms with Gasteiger partial charge in [0, 0.05) is 6.92 Å². The molecule has 0 saturated carbocycles. The third kappa shape index (κ3) is 13.6. The van der Waals surface area contributed by atoms with E-state index in [1.54, 1.807) is 0 Å². The maximum atomic E-state index is 11.2. The van der Waals surface area contributed by atoms with Gasteiger partial charge >= 0.3 is 5.97 Å². The van der Waals surface area contributed by atoms with Crippen LogP contribution in [0.1, 0.15) is 59.8 Å². The molecular formula is C22H32O5. The molecule has 0 fully saturated rings. The van der Waals surface area contributed by atoms with Gasteiger partial charge in [-0.1, -0.05) is 29.4 Å². The maximum absolute atomic E-state index is 11.2. The lowest BCUT2D eigenvalue weighted by Gasteiger charge is -2.14. The Bertz CT molecular complexity index is 604. The number of carbonyl (C=O) groups is 3. The average molecular weight is 376 g/mol. The van der Waals surface area contributed by atoms with Crippen molar-refractivity contribution in [2.75, 3.05) is 6.61 Å². The highest BCUT2D eigenvalue weighted by atomic mass is 16.5. The fourth-order valence-corrected chi connectivity index (χ4v) is 2.29. The zero-order chi connectivity index (χ0) is 20.7. The van der Waals surface area contributed by atoms with Crippen LogP contribution in [0.4, 0.5) is 0 Å². The van der Waals surface area contributed by atoms with E-state index in [2.05, 4.69) is 0 Å². The van der Waals surface area contributed by atoms with Gasteiger partial charge < -0.3 is 9.84 Å². The lowest BCUT2D eigenvalue weighted by molar-refractivity contribution is -0.140. The lowest BCUT2D eigenvalue weighted by Crippen LogP contribution is -2.16. The van der Waals surface area contributed by atoms with Crippen LogP contribution in [0.2, 0.25) is 0 Å². The summed E-state index contributed by atoms with van der Waals surface area (Å²) in [7, 11) is 0. The average Bonchev–Trinajstić information content (AvgIpc) is 2.60. The molecule has 0 saturated heterocycles. The lowest BCUT2D eigenvalue weighted by atomic mass is 10.0. The van der Waals surface area contributed by atoms with E-state index in [0.29, 0.717) is 36.8 Å². The van der Waals surface area contributed by atoms with E-state index in [-0.39, 0.29) is 6.61 Å². The minimum absolute atomic E-state index is 0.0446. The van der Waals surface area contributed by atoms with E-state index in [9.17, 15) is 19.5 Å². The molecule has 1 N–H and O–H groups in total. The number of ether oxygens (including phenoxy) is 1. The Labute approximate surface area is 162 Å². The SMILES string of the molecule is CC(=O)OC/C(=C/CC/C(C=O)=C/CC/C(C)=C/C=O)C(O)CC=C(C)C. The number of carbonyl (C=O) groups excluding carboxylic acids is 3. The Morgan fingerprint density at radius 3 is 2.22 bits per heavy atom. The highest BCUT2D eigenvalue weighted by molar-refractivity contribution is 5.73. The van der Waals surface area contributed by atoms with Gasteiger partial charge in [-0.25, -0.2) is 0 Å². The number of allylic oxidation sites excluding steroid dienone is 6. The van der Waals surface area contributed by atoms with E-state index >= 15 is 0 Å². The Kier molecular flexibility index (Phi) is 13.6. The molecule has 0 aromatic rings. The van der Waals surface area contributed by atoms with Gasteiger partial charge in [0.25, 0.3) is 0 Å². The summed E-state index contributed by atoms with van der Waals surface area (Å²) in [6.07, 6.45) is 11.0. The zero-order valence-electron chi connectivity index (χ0n) is 16.9. The van der Waals surface area contributed by atoms with E-state index in [1.807, 2.05) is 39.0 Å². The van der Waals surface area contributed by atoms with Crippen LogP contribution in [-0.4, -0.2) is 36.4 Å². The molecule has 150 valence electrons. The van der Waals surface area contributed by atoms with Crippen molar-refractivity contribution in [3.05, 3.63) is 46.6 Å². The molecule has 0 radical (unpaired) electrons. The van der Waals surface area contributed by atoms with Crippen molar-refractivity contribution in [3.63, 3.8) is 0 Å². The molecule has 0 aliphatic carbocycles. The minimum Gasteiger partial charge on any atom is -0.461 e. The summed E-state index contributed by atoms with van der Waals surface area (Å²) in [4.78, 5) is 32.7. The van der Waals surface area contributed by atoms with Crippen LogP contribution < -0.4 is 0 Å². The molecule has 0 aromatic heterocycles. The monoisotopic (exact) mass is 376 g/mol. The van der Waals surface area contributed by atoms with E-state index in [1.165, 1.54) is 13.0 Å². The maximum Gasteiger partial charge on any atom is 0.302 e. The van der Waals surface area contributed by atoms with E-state index in [4.69, 9.17) is 4.74 Å². The summed E-state index contributed by atoms with van der Waals surface area (Å²) in [5.41, 5.74) is 3.39. The van der Waals surface area contributed by atoms with Crippen LogP contribution in [0.3, 0.4) is 0 Å². The van der Waals surface area contributed by atoms with Crippen LogP contribution in [-0.2, 0) is 19.1 Å². The number of aldehydes is 2. The van der Waals surface area contributed by atoms with Gasteiger partial charge in [0.2, 0.25) is 0 Å². The van der Waals surface area contributed by atoms with Crippen LogP contribution in [0.5, 0.6) is 0 Å². The van der Waals surface area contributed by atoms with E-state index < -0.39 is 12.1 Å². The molecule has 0 heterocycles. The zero-order valence-corrected chi connectivity index (χ0v) is 16.9. The Hall–Kier alpha value is -2.27. The molecule has 5 nitrogen and oxygen atoms in total. The highest BCUT2D eigenvalue weighted by Crippen LogP contribution is 2.14. The van der Waals surface area contributed by atoms with Gasteiger partial charge in [-0.3, -0.25) is 14.4 Å². The van der Waals surface area contributed by atoms with Crippen molar-refractivity contribution in [2.24, 2.45) is 0 Å². The normalized spacial score (nSPS) is 13.7. The molecule has 1 unspecified atom stereocenters. The van der Waals surface area contributed by atoms with Crippen molar-refractivity contribution < 1.29 is 24.2 Å². The molecule has 0 amide bonds. The second-order valence-electron chi connectivity index (χ2n) is 6.72. The second-order valence-corrected chi connectivity index (χ2v) is 6.72. The fraction of sp³-hybridized carbons (Fsp3) is 0.500. The first-order valence-electron chi connectivity index (χ1n) is 9.19. The minimum atomic E-state index is -0.723. The second kappa shape index (κ2) is 14.9. The molecule has 0 bridgehead atoms. The summed E-state index contributed by atoms with van der Waals surface area (Å²) in [5.74, 6) is -0.400. The van der Waals surface area contributed by atoms with Gasteiger partial charge in [0.1, 0.15) is 19.2 Å². The number of aliphatic hydroxyl groups is 1. The number of hydrogen-bond acceptors (Lipinski definition) is 5. The van der Waals surface area contributed by atoms with Gasteiger partial charge in [-0.05, 0) is 70.1 Å². The first kappa shape index (κ1) is 24.7. The molecule has 0 aliphatic rings. The molecule has 1 atom stereocenters. The van der Waals surface area contributed by atoms with Crippen LogP contribution in [0, 0.1) is 0 Å². The molecular weight excluding hydrogens is 344 g/mol.